The van der Waals surface area contributed by atoms with Crippen molar-refractivity contribution in [3.05, 3.63) is 41.0 Å². The highest BCUT2D eigenvalue weighted by Gasteiger charge is 2.25. The van der Waals surface area contributed by atoms with Gasteiger partial charge in [-0.1, -0.05) is 43.7 Å². The summed E-state index contributed by atoms with van der Waals surface area (Å²) >= 11 is 0. The van der Waals surface area contributed by atoms with Crippen LogP contribution in [0.15, 0.2) is 29.2 Å². The smallest absolute Gasteiger partial charge is 0.297 e. The molecule has 0 bridgehead atoms. The van der Waals surface area contributed by atoms with Gasteiger partial charge in [0.2, 0.25) is 0 Å². The molecule has 1 aliphatic rings. The Bertz CT molecular complexity index is 666. The van der Waals surface area contributed by atoms with Gasteiger partial charge in [0.05, 0.1) is 17.6 Å². The molecule has 0 aromatic heterocycles. The van der Waals surface area contributed by atoms with E-state index in [9.17, 15) is 8.42 Å². The fourth-order valence-corrected chi connectivity index (χ4v) is 4.33. The highest BCUT2D eigenvalue weighted by Crippen LogP contribution is 2.25. The number of aryl methyl sites for hydroxylation is 3. The highest BCUT2D eigenvalue weighted by molar-refractivity contribution is 7.86. The maximum absolute atomic E-state index is 12.5. The summed E-state index contributed by atoms with van der Waals surface area (Å²) in [6.45, 7) is 9.73. The molecule has 0 spiro atoms. The van der Waals surface area contributed by atoms with E-state index in [2.05, 4.69) is 13.8 Å². The van der Waals surface area contributed by atoms with Crippen LogP contribution in [0.5, 0.6) is 0 Å². The van der Waals surface area contributed by atoms with Crippen LogP contribution in [0.4, 0.5) is 0 Å². The summed E-state index contributed by atoms with van der Waals surface area (Å²) in [4.78, 5) is 0.267. The predicted molar refractivity (Wildman–Crippen MR) is 91.0 cm³/mol. The second-order valence-electron chi connectivity index (χ2n) is 6.59. The van der Waals surface area contributed by atoms with Gasteiger partial charge in [-0.2, -0.15) is 8.42 Å². The van der Waals surface area contributed by atoms with E-state index in [1.54, 1.807) is 13.8 Å². The summed E-state index contributed by atoms with van der Waals surface area (Å²) in [6.07, 6.45) is 4.56. The molecule has 2 atom stereocenters. The Morgan fingerprint density at radius 3 is 2.39 bits per heavy atom. The first-order chi connectivity index (χ1) is 10.7. The lowest BCUT2D eigenvalue weighted by atomic mass is 10.0. The van der Waals surface area contributed by atoms with Crippen LogP contribution in [0.3, 0.4) is 0 Å². The van der Waals surface area contributed by atoms with Crippen LogP contribution in [-0.4, -0.2) is 27.2 Å². The maximum Gasteiger partial charge on any atom is 0.297 e. The standard InChI is InChI=1S/C18H26O4S/c1-12(2)17-8-6-7-16(22-17)11-21-23(19,20)18-14(4)9-13(3)10-15(18)5/h6-7,9-10,12,16-17H,8,11H2,1-5H3/t16-,17+/m1/s1. The topological polar surface area (TPSA) is 52.6 Å². The molecular weight excluding hydrogens is 312 g/mol. The van der Waals surface area contributed by atoms with Crippen LogP contribution in [0, 0.1) is 26.7 Å². The van der Waals surface area contributed by atoms with Crippen molar-refractivity contribution in [1.82, 2.24) is 0 Å². The van der Waals surface area contributed by atoms with Gasteiger partial charge in [-0.15, -0.1) is 0 Å². The van der Waals surface area contributed by atoms with Crippen molar-refractivity contribution in [2.75, 3.05) is 6.61 Å². The van der Waals surface area contributed by atoms with Crippen molar-refractivity contribution in [2.24, 2.45) is 5.92 Å². The van der Waals surface area contributed by atoms with E-state index in [-0.39, 0.29) is 23.7 Å². The summed E-state index contributed by atoms with van der Waals surface area (Å²) in [5.74, 6) is 0.389. The summed E-state index contributed by atoms with van der Waals surface area (Å²) in [7, 11) is -3.79. The van der Waals surface area contributed by atoms with Gasteiger partial charge in [-0.3, -0.25) is 4.18 Å². The molecule has 0 amide bonds. The first kappa shape index (κ1) is 18.2. The predicted octanol–water partition coefficient (Wildman–Crippen LogP) is 3.69. The van der Waals surface area contributed by atoms with Crippen molar-refractivity contribution >= 4 is 10.1 Å². The molecule has 0 fully saturated rings. The van der Waals surface area contributed by atoms with E-state index in [0.29, 0.717) is 17.0 Å². The average molecular weight is 338 g/mol. The first-order valence-corrected chi connectivity index (χ1v) is 9.41. The molecule has 0 radical (unpaired) electrons. The molecule has 0 aliphatic carbocycles. The third-order valence-electron chi connectivity index (χ3n) is 4.05. The Morgan fingerprint density at radius 1 is 1.22 bits per heavy atom. The molecular formula is C18H26O4S. The third-order valence-corrected chi connectivity index (χ3v) is 5.64. The van der Waals surface area contributed by atoms with E-state index in [4.69, 9.17) is 8.92 Å². The summed E-state index contributed by atoms with van der Waals surface area (Å²) in [5, 5.41) is 0. The van der Waals surface area contributed by atoms with E-state index >= 15 is 0 Å². The monoisotopic (exact) mass is 338 g/mol. The van der Waals surface area contributed by atoms with E-state index in [1.165, 1.54) is 0 Å². The van der Waals surface area contributed by atoms with Crippen LogP contribution in [0.2, 0.25) is 0 Å². The highest BCUT2D eigenvalue weighted by atomic mass is 32.2. The molecule has 1 aromatic rings. The normalized spacial score (nSPS) is 21.8. The zero-order valence-corrected chi connectivity index (χ0v) is 15.3. The maximum atomic E-state index is 12.5. The minimum atomic E-state index is -3.79. The molecule has 23 heavy (non-hydrogen) atoms. The largest absolute Gasteiger partial charge is 0.368 e. The van der Waals surface area contributed by atoms with Crippen molar-refractivity contribution < 1.29 is 17.3 Å². The Morgan fingerprint density at radius 2 is 1.83 bits per heavy atom. The zero-order chi connectivity index (χ0) is 17.2. The van der Waals surface area contributed by atoms with Crippen molar-refractivity contribution in [3.8, 4) is 0 Å². The summed E-state index contributed by atoms with van der Waals surface area (Å²) in [5.41, 5.74) is 2.46. The van der Waals surface area contributed by atoms with Gasteiger partial charge < -0.3 is 4.74 Å². The quantitative estimate of drug-likeness (QED) is 0.607. The molecule has 0 N–H and O–H groups in total. The van der Waals surface area contributed by atoms with Gasteiger partial charge >= 0.3 is 0 Å². The summed E-state index contributed by atoms with van der Waals surface area (Å²) < 4.78 is 36.2. The van der Waals surface area contributed by atoms with Crippen LogP contribution in [0.25, 0.3) is 0 Å². The number of rotatable bonds is 5. The molecule has 0 saturated carbocycles. The second kappa shape index (κ2) is 7.16. The van der Waals surface area contributed by atoms with Crippen LogP contribution < -0.4 is 0 Å². The summed E-state index contributed by atoms with van der Waals surface area (Å²) in [6, 6.07) is 3.71. The van der Waals surface area contributed by atoms with Gasteiger partial charge in [0.15, 0.2) is 0 Å². The number of benzene rings is 1. The van der Waals surface area contributed by atoms with E-state index in [1.807, 2.05) is 31.2 Å². The molecule has 1 aromatic carbocycles. The van der Waals surface area contributed by atoms with Gasteiger partial charge in [-0.25, -0.2) is 0 Å². The second-order valence-corrected chi connectivity index (χ2v) is 8.14. The molecule has 5 heteroatoms. The van der Waals surface area contributed by atoms with Gasteiger partial charge in [0.1, 0.15) is 6.10 Å². The first-order valence-electron chi connectivity index (χ1n) is 8.00. The molecule has 1 heterocycles. The Kier molecular flexibility index (Phi) is 5.65. The number of hydrogen-bond acceptors (Lipinski definition) is 4. The average Bonchev–Trinajstić information content (AvgIpc) is 2.44. The van der Waals surface area contributed by atoms with Gasteiger partial charge in [0.25, 0.3) is 10.1 Å². The fourth-order valence-electron chi connectivity index (χ4n) is 2.99. The van der Waals surface area contributed by atoms with Crippen LogP contribution in [0.1, 0.15) is 37.0 Å². The van der Waals surface area contributed by atoms with Crippen LogP contribution >= 0.6 is 0 Å². The third kappa shape index (κ3) is 4.43. The Hall–Kier alpha value is -1.17. The number of hydrogen-bond donors (Lipinski definition) is 0. The molecule has 128 valence electrons. The minimum absolute atomic E-state index is 0.00874. The SMILES string of the molecule is Cc1cc(C)c(S(=O)(=O)OC[C@H]2C=CC[C@@H](C(C)C)O2)c(C)c1. The molecule has 2 rings (SSSR count). The minimum Gasteiger partial charge on any atom is -0.368 e. The van der Waals surface area contributed by atoms with Gasteiger partial charge in [0, 0.05) is 0 Å². The zero-order valence-electron chi connectivity index (χ0n) is 14.5. The Balaban J connectivity index is 2.11. The molecule has 4 nitrogen and oxygen atoms in total. The molecule has 0 saturated heterocycles. The van der Waals surface area contributed by atoms with Gasteiger partial charge in [-0.05, 0) is 44.2 Å². The lowest BCUT2D eigenvalue weighted by Gasteiger charge is -2.28. The lowest BCUT2D eigenvalue weighted by molar-refractivity contribution is -0.0360. The van der Waals surface area contributed by atoms with Crippen molar-refractivity contribution in [2.45, 2.75) is 58.1 Å². The van der Waals surface area contributed by atoms with Crippen molar-refractivity contribution in [1.29, 1.82) is 0 Å². The number of ether oxygens (including phenoxy) is 1. The Labute approximate surface area is 139 Å². The fraction of sp³-hybridized carbons (Fsp3) is 0.556. The van der Waals surface area contributed by atoms with Crippen molar-refractivity contribution in [3.63, 3.8) is 0 Å². The lowest BCUT2D eigenvalue weighted by Crippen LogP contribution is -2.31. The van der Waals surface area contributed by atoms with E-state index in [0.717, 1.165) is 12.0 Å². The molecule has 1 aliphatic heterocycles. The van der Waals surface area contributed by atoms with Crippen LogP contribution in [-0.2, 0) is 19.0 Å². The molecule has 0 unspecified atom stereocenters. The van der Waals surface area contributed by atoms with E-state index < -0.39 is 10.1 Å².